The molecule has 0 aromatic carbocycles. The smallest absolute Gasteiger partial charge is 0.148 e. The first kappa shape index (κ1) is 9.45. The van der Waals surface area contributed by atoms with Crippen LogP contribution in [0.15, 0.2) is 24.7 Å². The first-order chi connectivity index (χ1) is 7.34. The van der Waals surface area contributed by atoms with Crippen LogP contribution < -0.4 is 11.1 Å². The molecule has 15 heavy (non-hydrogen) atoms. The zero-order chi connectivity index (χ0) is 10.5. The zero-order valence-electron chi connectivity index (χ0n) is 8.14. The van der Waals surface area contributed by atoms with Crippen LogP contribution in [0.1, 0.15) is 5.69 Å². The first-order valence-electron chi connectivity index (χ1n) is 4.65. The molecule has 2 aromatic heterocycles. The third-order valence-corrected chi connectivity index (χ3v) is 1.94. The van der Waals surface area contributed by atoms with Crippen LogP contribution >= 0.6 is 0 Å². The molecule has 2 aromatic rings. The Bertz CT molecular complexity index is 393. The molecule has 0 saturated heterocycles. The van der Waals surface area contributed by atoms with Crippen molar-refractivity contribution in [3.05, 3.63) is 30.4 Å². The van der Waals surface area contributed by atoms with Gasteiger partial charge in [0, 0.05) is 24.9 Å². The van der Waals surface area contributed by atoms with Crippen LogP contribution in [0.5, 0.6) is 0 Å². The van der Waals surface area contributed by atoms with E-state index in [2.05, 4.69) is 25.5 Å². The van der Waals surface area contributed by atoms with Crippen LogP contribution in [0, 0.1) is 0 Å². The number of H-pyrrole nitrogens is 1. The van der Waals surface area contributed by atoms with Gasteiger partial charge in [0.1, 0.15) is 11.6 Å². The number of hydrogen-bond acceptors (Lipinski definition) is 5. The van der Waals surface area contributed by atoms with E-state index >= 15 is 0 Å². The normalized spacial score (nSPS) is 10.1. The lowest BCUT2D eigenvalue weighted by molar-refractivity contribution is 0.947. The molecule has 0 unspecified atom stereocenters. The summed E-state index contributed by atoms with van der Waals surface area (Å²) in [7, 11) is 0. The van der Waals surface area contributed by atoms with E-state index in [-0.39, 0.29) is 0 Å². The molecule has 6 nitrogen and oxygen atoms in total. The lowest BCUT2D eigenvalue weighted by Crippen LogP contribution is -2.07. The van der Waals surface area contributed by atoms with Crippen LogP contribution in [0.4, 0.5) is 11.6 Å². The molecule has 2 rings (SSSR count). The maximum atomic E-state index is 5.42. The van der Waals surface area contributed by atoms with Gasteiger partial charge in [0.25, 0.3) is 0 Å². The van der Waals surface area contributed by atoms with Gasteiger partial charge >= 0.3 is 0 Å². The van der Waals surface area contributed by atoms with Crippen molar-refractivity contribution in [2.45, 2.75) is 6.42 Å². The van der Waals surface area contributed by atoms with Crippen LogP contribution in [-0.2, 0) is 6.42 Å². The summed E-state index contributed by atoms with van der Waals surface area (Å²) < 4.78 is 0. The molecule has 0 spiro atoms. The van der Waals surface area contributed by atoms with Gasteiger partial charge in [-0.1, -0.05) is 0 Å². The van der Waals surface area contributed by atoms with Crippen molar-refractivity contribution in [2.24, 2.45) is 0 Å². The molecule has 2 heterocycles. The number of aromatic nitrogens is 4. The molecule has 6 heteroatoms. The quantitative estimate of drug-likeness (QED) is 0.671. The van der Waals surface area contributed by atoms with Gasteiger partial charge < -0.3 is 16.0 Å². The van der Waals surface area contributed by atoms with Crippen molar-refractivity contribution < 1.29 is 0 Å². The van der Waals surface area contributed by atoms with Crippen molar-refractivity contribution in [2.75, 3.05) is 17.6 Å². The Hall–Kier alpha value is -2.11. The fourth-order valence-corrected chi connectivity index (χ4v) is 1.18. The largest absolute Gasteiger partial charge is 0.382 e. The Morgan fingerprint density at radius 3 is 2.93 bits per heavy atom. The van der Waals surface area contributed by atoms with E-state index in [1.165, 1.54) is 0 Å². The highest BCUT2D eigenvalue weighted by atomic mass is 15.2. The zero-order valence-corrected chi connectivity index (χ0v) is 8.14. The summed E-state index contributed by atoms with van der Waals surface area (Å²) in [6.45, 7) is 0.779. The highest BCUT2D eigenvalue weighted by Crippen LogP contribution is 2.02. The number of nitrogen functional groups attached to an aromatic ring is 1. The Morgan fingerprint density at radius 1 is 1.33 bits per heavy atom. The predicted molar refractivity (Wildman–Crippen MR) is 57.2 cm³/mol. The molecule has 78 valence electrons. The Labute approximate surface area is 86.9 Å². The van der Waals surface area contributed by atoms with Gasteiger partial charge in [0.15, 0.2) is 0 Å². The van der Waals surface area contributed by atoms with Crippen molar-refractivity contribution in [3.8, 4) is 0 Å². The van der Waals surface area contributed by atoms with Crippen LogP contribution in [0.25, 0.3) is 0 Å². The fraction of sp³-hybridized carbons (Fsp3) is 0.222. The van der Waals surface area contributed by atoms with Crippen molar-refractivity contribution in [3.63, 3.8) is 0 Å². The molecule has 0 fully saturated rings. The summed E-state index contributed by atoms with van der Waals surface area (Å²) in [5.41, 5.74) is 6.51. The minimum Gasteiger partial charge on any atom is -0.382 e. The molecule has 0 amide bonds. The SMILES string of the molecule is Nc1ccc(NCCc2cnc[nH]2)nn1. The second kappa shape index (κ2) is 4.41. The number of aromatic amines is 1. The standard InChI is InChI=1S/C9H12N6/c10-8-1-2-9(15-14-8)12-4-3-7-5-11-6-13-7/h1-2,5-6H,3-4H2,(H2,10,14)(H,11,13)(H,12,15). The van der Waals surface area contributed by atoms with Gasteiger partial charge in [0.05, 0.1) is 6.33 Å². The number of nitrogens with zero attached hydrogens (tertiary/aromatic N) is 3. The maximum absolute atomic E-state index is 5.42. The highest BCUT2D eigenvalue weighted by Gasteiger charge is 1.96. The van der Waals surface area contributed by atoms with Gasteiger partial charge in [-0.2, -0.15) is 0 Å². The summed E-state index contributed by atoms with van der Waals surface area (Å²) in [6.07, 6.45) is 4.33. The fourth-order valence-electron chi connectivity index (χ4n) is 1.18. The second-order valence-corrected chi connectivity index (χ2v) is 3.10. The predicted octanol–water partition coefficient (Wildman–Crippen LogP) is 0.436. The Kier molecular flexibility index (Phi) is 2.77. The van der Waals surface area contributed by atoms with Crippen molar-refractivity contribution in [1.82, 2.24) is 20.2 Å². The first-order valence-corrected chi connectivity index (χ1v) is 4.65. The molecular formula is C9H12N6. The van der Waals surface area contributed by atoms with Gasteiger partial charge in [-0.15, -0.1) is 10.2 Å². The minimum atomic E-state index is 0.425. The van der Waals surface area contributed by atoms with Crippen LogP contribution in [-0.4, -0.2) is 26.7 Å². The average molecular weight is 204 g/mol. The third-order valence-electron chi connectivity index (χ3n) is 1.94. The van der Waals surface area contributed by atoms with Crippen molar-refractivity contribution in [1.29, 1.82) is 0 Å². The molecule has 0 aliphatic heterocycles. The molecule has 0 radical (unpaired) electrons. The van der Waals surface area contributed by atoms with Gasteiger partial charge in [0.2, 0.25) is 0 Å². The summed E-state index contributed by atoms with van der Waals surface area (Å²) in [4.78, 5) is 6.96. The van der Waals surface area contributed by atoms with Gasteiger partial charge in [-0.25, -0.2) is 4.98 Å². The summed E-state index contributed by atoms with van der Waals surface area (Å²) in [6, 6.07) is 3.51. The monoisotopic (exact) mass is 204 g/mol. The molecular weight excluding hydrogens is 192 g/mol. The number of anilines is 2. The Morgan fingerprint density at radius 2 is 2.27 bits per heavy atom. The molecule has 0 aliphatic rings. The highest BCUT2D eigenvalue weighted by molar-refractivity contribution is 5.38. The van der Waals surface area contributed by atoms with Crippen LogP contribution in [0.3, 0.4) is 0 Å². The molecule has 0 aliphatic carbocycles. The lowest BCUT2D eigenvalue weighted by atomic mass is 10.3. The number of nitrogens with one attached hydrogen (secondary N) is 2. The van der Waals surface area contributed by atoms with Crippen molar-refractivity contribution >= 4 is 11.6 Å². The number of nitrogens with two attached hydrogens (primary N) is 1. The van der Waals surface area contributed by atoms with E-state index in [9.17, 15) is 0 Å². The molecule has 0 bridgehead atoms. The van der Waals surface area contributed by atoms with Gasteiger partial charge in [-0.05, 0) is 12.1 Å². The second-order valence-electron chi connectivity index (χ2n) is 3.10. The number of rotatable bonds is 4. The molecule has 4 N–H and O–H groups in total. The Balaban J connectivity index is 1.81. The third kappa shape index (κ3) is 2.67. The van der Waals surface area contributed by atoms with E-state index < -0.39 is 0 Å². The number of imidazole rings is 1. The maximum Gasteiger partial charge on any atom is 0.148 e. The van der Waals surface area contributed by atoms with E-state index in [0.29, 0.717) is 5.82 Å². The minimum absolute atomic E-state index is 0.425. The topological polar surface area (TPSA) is 92.5 Å². The lowest BCUT2D eigenvalue weighted by Gasteiger charge is -2.03. The van der Waals surface area contributed by atoms with E-state index in [0.717, 1.165) is 24.5 Å². The summed E-state index contributed by atoms with van der Waals surface area (Å²) >= 11 is 0. The summed E-state index contributed by atoms with van der Waals surface area (Å²) in [5, 5.41) is 10.8. The number of hydrogen-bond donors (Lipinski definition) is 3. The average Bonchev–Trinajstić information content (AvgIpc) is 2.74. The van der Waals surface area contributed by atoms with E-state index in [4.69, 9.17) is 5.73 Å². The molecule has 0 atom stereocenters. The van der Waals surface area contributed by atoms with Crippen LogP contribution in [0.2, 0.25) is 0 Å². The molecule has 0 saturated carbocycles. The van der Waals surface area contributed by atoms with E-state index in [1.54, 1.807) is 24.7 Å². The van der Waals surface area contributed by atoms with Gasteiger partial charge in [-0.3, -0.25) is 0 Å². The van der Waals surface area contributed by atoms with E-state index in [1.807, 2.05) is 0 Å². The summed E-state index contributed by atoms with van der Waals surface area (Å²) in [5.74, 6) is 1.15.